The largest absolute Gasteiger partial charge is 0.459 e. The monoisotopic (exact) mass is 280 g/mol. The molecule has 1 fully saturated rings. The van der Waals surface area contributed by atoms with Crippen LogP contribution in [0.25, 0.3) is 0 Å². The topological polar surface area (TPSA) is 43.4 Å². The number of hydrogen-bond donors (Lipinski definition) is 0. The van der Waals surface area contributed by atoms with Crippen LogP contribution < -0.4 is 0 Å². The van der Waals surface area contributed by atoms with Crippen LogP contribution in [0.1, 0.15) is 48.0 Å². The molecule has 19 heavy (non-hydrogen) atoms. The predicted molar refractivity (Wildman–Crippen MR) is 76.5 cm³/mol. The Kier molecular flexibility index (Phi) is 5.14. The van der Waals surface area contributed by atoms with Crippen molar-refractivity contribution in [1.29, 1.82) is 0 Å². The predicted octanol–water partition coefficient (Wildman–Crippen LogP) is 3.05. The Bertz CT molecular complexity index is 464. The smallest absolute Gasteiger partial charge is 0.338 e. The fourth-order valence-corrected chi connectivity index (χ4v) is 3.07. The summed E-state index contributed by atoms with van der Waals surface area (Å²) in [5.41, 5.74) is 1.48. The van der Waals surface area contributed by atoms with E-state index in [2.05, 4.69) is 0 Å². The molecular weight excluding hydrogens is 260 g/mol. The van der Waals surface area contributed by atoms with E-state index in [1.165, 1.54) is 6.42 Å². The maximum absolute atomic E-state index is 12.1. The highest BCUT2D eigenvalue weighted by atomic mass is 32.2. The molecule has 1 aromatic carbocycles. The van der Waals surface area contributed by atoms with Crippen molar-refractivity contribution < 1.29 is 13.7 Å². The second kappa shape index (κ2) is 6.85. The first-order valence-corrected chi connectivity index (χ1v) is 8.48. The van der Waals surface area contributed by atoms with E-state index >= 15 is 0 Å². The molecule has 0 N–H and O–H groups in total. The van der Waals surface area contributed by atoms with Gasteiger partial charge in [0.15, 0.2) is 0 Å². The van der Waals surface area contributed by atoms with Crippen molar-refractivity contribution in [3.8, 4) is 0 Å². The minimum atomic E-state index is -0.896. The highest BCUT2D eigenvalue weighted by molar-refractivity contribution is 7.83. The third-order valence-electron chi connectivity index (χ3n) is 3.36. The molecule has 3 nitrogen and oxygen atoms in total. The molecule has 104 valence electrons. The quantitative estimate of drug-likeness (QED) is 0.796. The van der Waals surface area contributed by atoms with Crippen molar-refractivity contribution in [2.45, 2.75) is 44.0 Å². The minimum absolute atomic E-state index is 0.0743. The Morgan fingerprint density at radius 2 is 2.05 bits per heavy atom. The van der Waals surface area contributed by atoms with Crippen LogP contribution in [-0.2, 0) is 21.3 Å². The second-order valence-corrected chi connectivity index (χ2v) is 6.52. The number of esters is 1. The van der Waals surface area contributed by atoms with E-state index in [0.717, 1.165) is 31.2 Å². The van der Waals surface area contributed by atoms with Crippen molar-refractivity contribution in [1.82, 2.24) is 0 Å². The van der Waals surface area contributed by atoms with Gasteiger partial charge in [0.2, 0.25) is 0 Å². The zero-order valence-electron chi connectivity index (χ0n) is 11.3. The molecule has 0 bridgehead atoms. The molecule has 2 rings (SSSR count). The van der Waals surface area contributed by atoms with Gasteiger partial charge in [-0.3, -0.25) is 4.21 Å². The normalized spacial score (nSPS) is 17.9. The van der Waals surface area contributed by atoms with Gasteiger partial charge in [0.05, 0.1) is 5.56 Å². The van der Waals surface area contributed by atoms with E-state index < -0.39 is 10.8 Å². The van der Waals surface area contributed by atoms with Crippen molar-refractivity contribution in [2.75, 3.05) is 6.26 Å². The molecule has 0 aliphatic heterocycles. The highest BCUT2D eigenvalue weighted by Gasteiger charge is 2.18. The lowest BCUT2D eigenvalue weighted by molar-refractivity contribution is 0.0211. The van der Waals surface area contributed by atoms with Gasteiger partial charge in [-0.2, -0.15) is 0 Å². The SMILES string of the molecule is CS(=O)Cc1cccc(C(=O)OC2CCCCC2)c1. The lowest BCUT2D eigenvalue weighted by Gasteiger charge is -2.21. The van der Waals surface area contributed by atoms with Crippen LogP contribution in [0.3, 0.4) is 0 Å². The molecule has 1 saturated carbocycles. The lowest BCUT2D eigenvalue weighted by Crippen LogP contribution is -2.21. The molecule has 0 spiro atoms. The van der Waals surface area contributed by atoms with Crippen molar-refractivity contribution in [3.05, 3.63) is 35.4 Å². The maximum Gasteiger partial charge on any atom is 0.338 e. The van der Waals surface area contributed by atoms with Gasteiger partial charge in [-0.25, -0.2) is 4.79 Å². The first-order chi connectivity index (χ1) is 9.15. The molecule has 0 saturated heterocycles. The van der Waals surface area contributed by atoms with Crippen LogP contribution in [0.2, 0.25) is 0 Å². The summed E-state index contributed by atoms with van der Waals surface area (Å²) in [7, 11) is -0.896. The molecule has 1 atom stereocenters. The van der Waals surface area contributed by atoms with E-state index in [0.29, 0.717) is 11.3 Å². The Morgan fingerprint density at radius 3 is 2.74 bits per heavy atom. The number of carbonyl (C=O) groups is 1. The van der Waals surface area contributed by atoms with Gasteiger partial charge in [-0.05, 0) is 43.4 Å². The van der Waals surface area contributed by atoms with E-state index in [4.69, 9.17) is 4.74 Å². The van der Waals surface area contributed by atoms with Gasteiger partial charge in [0, 0.05) is 22.8 Å². The van der Waals surface area contributed by atoms with Gasteiger partial charge in [-0.1, -0.05) is 18.6 Å². The second-order valence-electron chi connectivity index (χ2n) is 5.08. The van der Waals surface area contributed by atoms with Crippen molar-refractivity contribution in [2.24, 2.45) is 0 Å². The van der Waals surface area contributed by atoms with Gasteiger partial charge < -0.3 is 4.74 Å². The molecule has 1 aliphatic carbocycles. The highest BCUT2D eigenvalue weighted by Crippen LogP contribution is 2.21. The first-order valence-electron chi connectivity index (χ1n) is 6.75. The first kappa shape index (κ1) is 14.3. The van der Waals surface area contributed by atoms with E-state index in [9.17, 15) is 9.00 Å². The number of carbonyl (C=O) groups excluding carboxylic acids is 1. The Morgan fingerprint density at radius 1 is 1.32 bits per heavy atom. The van der Waals surface area contributed by atoms with E-state index in [1.54, 1.807) is 18.4 Å². The standard InChI is InChI=1S/C15H20O3S/c1-19(17)11-12-6-5-7-13(10-12)15(16)18-14-8-3-2-4-9-14/h5-7,10,14H,2-4,8-9,11H2,1H3. The molecule has 0 aromatic heterocycles. The Hall–Kier alpha value is -1.16. The molecule has 4 heteroatoms. The molecular formula is C15H20O3S. The summed E-state index contributed by atoms with van der Waals surface area (Å²) in [5.74, 6) is 0.223. The van der Waals surface area contributed by atoms with Crippen LogP contribution >= 0.6 is 0 Å². The number of benzene rings is 1. The fourth-order valence-electron chi connectivity index (χ4n) is 2.43. The zero-order chi connectivity index (χ0) is 13.7. The average Bonchev–Trinajstić information content (AvgIpc) is 2.39. The summed E-state index contributed by atoms with van der Waals surface area (Å²) in [6.07, 6.45) is 7.22. The van der Waals surface area contributed by atoms with E-state index in [-0.39, 0.29) is 12.1 Å². The Balaban J connectivity index is 1.99. The molecule has 0 heterocycles. The summed E-state index contributed by atoms with van der Waals surface area (Å²) in [5, 5.41) is 0. The number of ether oxygens (including phenoxy) is 1. The minimum Gasteiger partial charge on any atom is -0.459 e. The van der Waals surface area contributed by atoms with Crippen molar-refractivity contribution >= 4 is 16.8 Å². The van der Waals surface area contributed by atoms with E-state index in [1.807, 2.05) is 12.1 Å². The van der Waals surface area contributed by atoms with Gasteiger partial charge in [0.1, 0.15) is 6.10 Å². The molecule has 1 unspecified atom stereocenters. The molecule has 0 radical (unpaired) electrons. The number of rotatable bonds is 4. The molecule has 1 aromatic rings. The Labute approximate surface area is 116 Å². The van der Waals surface area contributed by atoms with Gasteiger partial charge in [0.25, 0.3) is 0 Å². The summed E-state index contributed by atoms with van der Waals surface area (Å²) < 4.78 is 16.7. The van der Waals surface area contributed by atoms with Crippen molar-refractivity contribution in [3.63, 3.8) is 0 Å². The maximum atomic E-state index is 12.1. The van der Waals surface area contributed by atoms with Crippen LogP contribution in [-0.4, -0.2) is 22.5 Å². The average molecular weight is 280 g/mol. The molecule has 0 amide bonds. The lowest BCUT2D eigenvalue weighted by atomic mass is 9.98. The van der Waals surface area contributed by atoms with Crippen LogP contribution in [0.4, 0.5) is 0 Å². The number of hydrogen-bond acceptors (Lipinski definition) is 3. The van der Waals surface area contributed by atoms with Crippen LogP contribution in [0.5, 0.6) is 0 Å². The summed E-state index contributed by atoms with van der Waals surface area (Å²) >= 11 is 0. The summed E-state index contributed by atoms with van der Waals surface area (Å²) in [6.45, 7) is 0. The molecule has 1 aliphatic rings. The van der Waals surface area contributed by atoms with Gasteiger partial charge >= 0.3 is 5.97 Å². The van der Waals surface area contributed by atoms with Crippen LogP contribution in [0.15, 0.2) is 24.3 Å². The zero-order valence-corrected chi connectivity index (χ0v) is 12.1. The van der Waals surface area contributed by atoms with Gasteiger partial charge in [-0.15, -0.1) is 0 Å². The summed E-state index contributed by atoms with van der Waals surface area (Å²) in [6, 6.07) is 7.25. The summed E-state index contributed by atoms with van der Waals surface area (Å²) in [4.78, 5) is 12.1. The third kappa shape index (κ3) is 4.46. The fraction of sp³-hybridized carbons (Fsp3) is 0.533. The third-order valence-corrected chi connectivity index (χ3v) is 4.10. The van der Waals surface area contributed by atoms with Crippen LogP contribution in [0, 0.1) is 0 Å².